The van der Waals surface area contributed by atoms with Crippen molar-refractivity contribution in [3.8, 4) is 0 Å². The van der Waals surface area contributed by atoms with Gasteiger partial charge in [0.15, 0.2) is 0 Å². The van der Waals surface area contributed by atoms with Crippen molar-refractivity contribution in [2.24, 2.45) is 0 Å². The smallest absolute Gasteiger partial charge is 0.295 e. The molecule has 3 aromatic rings. The van der Waals surface area contributed by atoms with E-state index in [0.717, 1.165) is 28.0 Å². The monoisotopic (exact) mass is 390 g/mol. The highest BCUT2D eigenvalue weighted by Crippen LogP contribution is 2.24. The van der Waals surface area contributed by atoms with E-state index in [1.165, 1.54) is 0 Å². The molecule has 0 atom stereocenters. The number of hydrogen-bond donors (Lipinski definition) is 1. The lowest BCUT2D eigenvalue weighted by atomic mass is 10.1. The van der Waals surface area contributed by atoms with Crippen LogP contribution in [0.2, 0.25) is 0 Å². The van der Waals surface area contributed by atoms with Gasteiger partial charge >= 0.3 is 0 Å². The van der Waals surface area contributed by atoms with Crippen molar-refractivity contribution < 1.29 is 9.59 Å². The van der Waals surface area contributed by atoms with Gasteiger partial charge in [0.05, 0.1) is 5.56 Å². The van der Waals surface area contributed by atoms with Gasteiger partial charge in [-0.25, -0.2) is 0 Å². The van der Waals surface area contributed by atoms with E-state index in [2.05, 4.69) is 39.0 Å². The molecule has 2 aromatic carbocycles. The lowest BCUT2D eigenvalue weighted by Crippen LogP contribution is -2.50. The summed E-state index contributed by atoms with van der Waals surface area (Å²) in [7, 11) is 4.04. The van der Waals surface area contributed by atoms with Crippen molar-refractivity contribution in [3.05, 3.63) is 59.8 Å². The standard InChI is InChI=1S/C23H26N4O2/c1-16-21(19-6-4-5-7-20(19)24-16)22(28)23(29)27-14-12-26(13-15-27)18-10-8-17(9-11-18)25(2)3/h4-11,24H,12-15H2,1-3H3. The number of fused-ring (bicyclic) bond motifs is 1. The third-order valence-corrected chi connectivity index (χ3v) is 5.61. The Morgan fingerprint density at radius 1 is 0.931 bits per heavy atom. The molecule has 0 saturated carbocycles. The van der Waals surface area contributed by atoms with Crippen LogP contribution in [0.3, 0.4) is 0 Å². The number of hydrogen-bond acceptors (Lipinski definition) is 4. The van der Waals surface area contributed by atoms with Gasteiger partial charge in [0.1, 0.15) is 0 Å². The Bertz CT molecular complexity index is 1040. The van der Waals surface area contributed by atoms with E-state index in [4.69, 9.17) is 0 Å². The molecule has 0 radical (unpaired) electrons. The summed E-state index contributed by atoms with van der Waals surface area (Å²) in [5, 5.41) is 0.808. The van der Waals surface area contributed by atoms with Gasteiger partial charge in [0, 0.05) is 68.2 Å². The molecule has 150 valence electrons. The number of benzene rings is 2. The zero-order valence-electron chi connectivity index (χ0n) is 17.1. The minimum atomic E-state index is -0.427. The van der Waals surface area contributed by atoms with Crippen LogP contribution in [0.5, 0.6) is 0 Å². The van der Waals surface area contributed by atoms with Gasteiger partial charge in [-0.3, -0.25) is 9.59 Å². The molecule has 1 aliphatic heterocycles. The van der Waals surface area contributed by atoms with E-state index < -0.39 is 11.7 Å². The average molecular weight is 390 g/mol. The highest BCUT2D eigenvalue weighted by Gasteiger charge is 2.29. The van der Waals surface area contributed by atoms with E-state index in [1.807, 2.05) is 45.3 Å². The fourth-order valence-corrected chi connectivity index (χ4v) is 3.95. The molecule has 1 aromatic heterocycles. The van der Waals surface area contributed by atoms with E-state index >= 15 is 0 Å². The molecular weight excluding hydrogens is 364 g/mol. The van der Waals surface area contributed by atoms with Crippen molar-refractivity contribution in [3.63, 3.8) is 0 Å². The quantitative estimate of drug-likeness (QED) is 0.549. The number of carbonyl (C=O) groups excluding carboxylic acids is 2. The van der Waals surface area contributed by atoms with Crippen LogP contribution in [0.25, 0.3) is 10.9 Å². The second kappa shape index (κ2) is 7.62. The number of H-pyrrole nitrogens is 1. The minimum absolute atomic E-state index is 0.416. The van der Waals surface area contributed by atoms with E-state index in [0.29, 0.717) is 31.7 Å². The van der Waals surface area contributed by atoms with Crippen LogP contribution in [0.4, 0.5) is 11.4 Å². The average Bonchev–Trinajstić information content (AvgIpc) is 3.08. The fraction of sp³-hybridized carbons (Fsp3) is 0.304. The molecule has 29 heavy (non-hydrogen) atoms. The second-order valence-corrected chi connectivity index (χ2v) is 7.69. The molecule has 1 fully saturated rings. The van der Waals surface area contributed by atoms with Crippen molar-refractivity contribution in [1.82, 2.24) is 9.88 Å². The number of Topliss-reactive ketones (excluding diaryl/α,β-unsaturated/α-hetero) is 1. The molecule has 0 bridgehead atoms. The fourth-order valence-electron chi connectivity index (χ4n) is 3.95. The SMILES string of the molecule is Cc1[nH]c2ccccc2c1C(=O)C(=O)N1CCN(c2ccc(N(C)C)cc2)CC1. The molecule has 1 amide bonds. The minimum Gasteiger partial charge on any atom is -0.378 e. The molecule has 1 saturated heterocycles. The first-order valence-electron chi connectivity index (χ1n) is 9.89. The number of para-hydroxylation sites is 1. The molecule has 6 nitrogen and oxygen atoms in total. The molecule has 4 rings (SSSR count). The summed E-state index contributed by atoms with van der Waals surface area (Å²) in [6.45, 7) is 4.36. The molecule has 1 aliphatic rings. The normalized spacial score (nSPS) is 14.3. The number of piperazine rings is 1. The number of anilines is 2. The first-order chi connectivity index (χ1) is 14.0. The largest absolute Gasteiger partial charge is 0.378 e. The van der Waals surface area contributed by atoms with Crippen molar-refractivity contribution >= 4 is 34.0 Å². The summed E-state index contributed by atoms with van der Waals surface area (Å²) < 4.78 is 0. The van der Waals surface area contributed by atoms with Crippen molar-refractivity contribution in [2.75, 3.05) is 50.1 Å². The van der Waals surface area contributed by atoms with Crippen LogP contribution >= 0.6 is 0 Å². The molecule has 6 heteroatoms. The molecular formula is C23H26N4O2. The highest BCUT2D eigenvalue weighted by atomic mass is 16.2. The maximum absolute atomic E-state index is 13.0. The van der Waals surface area contributed by atoms with E-state index in [1.54, 1.807) is 4.90 Å². The maximum atomic E-state index is 13.0. The van der Waals surface area contributed by atoms with Crippen molar-refractivity contribution in [1.29, 1.82) is 0 Å². The summed E-state index contributed by atoms with van der Waals surface area (Å²) in [6, 6.07) is 16.0. The second-order valence-electron chi connectivity index (χ2n) is 7.69. The maximum Gasteiger partial charge on any atom is 0.295 e. The number of ketones is 1. The Morgan fingerprint density at radius 2 is 1.59 bits per heavy atom. The summed E-state index contributed by atoms with van der Waals surface area (Å²) in [6.07, 6.45) is 0. The molecule has 0 unspecified atom stereocenters. The Balaban J connectivity index is 1.44. The molecule has 2 heterocycles. The zero-order chi connectivity index (χ0) is 20.5. The van der Waals surface area contributed by atoms with Crippen LogP contribution in [0, 0.1) is 6.92 Å². The number of carbonyl (C=O) groups is 2. The lowest BCUT2D eigenvalue weighted by Gasteiger charge is -2.36. The number of aromatic nitrogens is 1. The number of rotatable bonds is 4. The van der Waals surface area contributed by atoms with Crippen LogP contribution in [0.15, 0.2) is 48.5 Å². The highest BCUT2D eigenvalue weighted by molar-refractivity contribution is 6.45. The van der Waals surface area contributed by atoms with E-state index in [9.17, 15) is 9.59 Å². The third kappa shape index (κ3) is 3.58. The van der Waals surface area contributed by atoms with Crippen LogP contribution in [-0.4, -0.2) is 61.8 Å². The third-order valence-electron chi connectivity index (χ3n) is 5.61. The Labute approximate surface area is 170 Å². The van der Waals surface area contributed by atoms with Crippen LogP contribution in [0.1, 0.15) is 16.1 Å². The number of aromatic amines is 1. The van der Waals surface area contributed by atoms with Gasteiger partial charge in [-0.15, -0.1) is 0 Å². The zero-order valence-corrected chi connectivity index (χ0v) is 17.1. The van der Waals surface area contributed by atoms with Gasteiger partial charge in [0.2, 0.25) is 0 Å². The lowest BCUT2D eigenvalue weighted by molar-refractivity contribution is -0.126. The number of nitrogens with zero attached hydrogens (tertiary/aromatic N) is 3. The van der Waals surface area contributed by atoms with Gasteiger partial charge < -0.3 is 19.7 Å². The van der Waals surface area contributed by atoms with Gasteiger partial charge in [-0.2, -0.15) is 0 Å². The first-order valence-corrected chi connectivity index (χ1v) is 9.89. The molecule has 1 N–H and O–H groups in total. The number of amides is 1. The summed E-state index contributed by atoms with van der Waals surface area (Å²) in [5.41, 5.74) is 4.41. The summed E-state index contributed by atoms with van der Waals surface area (Å²) in [5.74, 6) is -0.843. The van der Waals surface area contributed by atoms with Gasteiger partial charge in [-0.1, -0.05) is 18.2 Å². The molecule has 0 aliphatic carbocycles. The predicted molar refractivity (Wildman–Crippen MR) is 117 cm³/mol. The van der Waals surface area contributed by atoms with Gasteiger partial charge in [-0.05, 0) is 37.3 Å². The first kappa shape index (κ1) is 19.1. The Hall–Kier alpha value is -3.28. The number of aryl methyl sites for hydroxylation is 1. The number of nitrogens with one attached hydrogen (secondary N) is 1. The van der Waals surface area contributed by atoms with Gasteiger partial charge in [0.25, 0.3) is 11.7 Å². The topological polar surface area (TPSA) is 59.7 Å². The van der Waals surface area contributed by atoms with Crippen molar-refractivity contribution in [2.45, 2.75) is 6.92 Å². The van der Waals surface area contributed by atoms with Crippen LogP contribution < -0.4 is 9.80 Å². The predicted octanol–water partition coefficient (Wildman–Crippen LogP) is 3.07. The summed E-state index contributed by atoms with van der Waals surface area (Å²) >= 11 is 0. The Morgan fingerprint density at radius 3 is 2.24 bits per heavy atom. The summed E-state index contributed by atoms with van der Waals surface area (Å²) in [4.78, 5) is 35.1. The van der Waals surface area contributed by atoms with Crippen LogP contribution in [-0.2, 0) is 4.79 Å². The Kier molecular flexibility index (Phi) is 5.01. The van der Waals surface area contributed by atoms with E-state index in [-0.39, 0.29) is 0 Å². The molecule has 0 spiro atoms.